The molecule has 2 saturated carbocycles. The SMILES string of the molecule is CC(C)(C)CC(=O)C(C)(C)C1C[C@H]2CC(c3ccnc4ccc(F)cc34)C[C@H]2C1. The fourth-order valence-corrected chi connectivity index (χ4v) is 5.89. The molecule has 2 fully saturated rings. The number of hydrogen-bond acceptors (Lipinski definition) is 2. The first-order valence-corrected chi connectivity index (χ1v) is 11.1. The van der Waals surface area contributed by atoms with Gasteiger partial charge in [-0.1, -0.05) is 34.6 Å². The van der Waals surface area contributed by atoms with Crippen molar-refractivity contribution >= 4 is 16.7 Å². The maximum atomic E-state index is 13.9. The largest absolute Gasteiger partial charge is 0.299 e. The van der Waals surface area contributed by atoms with Gasteiger partial charge in [-0.25, -0.2) is 4.39 Å². The lowest BCUT2D eigenvalue weighted by atomic mass is 9.69. The minimum atomic E-state index is -0.236. The van der Waals surface area contributed by atoms with Crippen LogP contribution in [0.2, 0.25) is 0 Å². The fourth-order valence-electron chi connectivity index (χ4n) is 5.89. The average Bonchev–Trinajstić information content (AvgIpc) is 3.19. The Hall–Kier alpha value is -1.77. The number of carbonyl (C=O) groups excluding carboxylic acids is 1. The molecule has 0 bridgehead atoms. The number of benzene rings is 1. The van der Waals surface area contributed by atoms with Gasteiger partial charge in [0, 0.05) is 23.4 Å². The summed E-state index contributed by atoms with van der Waals surface area (Å²) in [6, 6.07) is 7.00. The zero-order valence-corrected chi connectivity index (χ0v) is 18.5. The molecule has 29 heavy (non-hydrogen) atoms. The van der Waals surface area contributed by atoms with E-state index in [-0.39, 0.29) is 16.6 Å². The van der Waals surface area contributed by atoms with Gasteiger partial charge in [0.25, 0.3) is 0 Å². The van der Waals surface area contributed by atoms with Crippen molar-refractivity contribution in [2.75, 3.05) is 0 Å². The molecular formula is C26H34FNO. The van der Waals surface area contributed by atoms with Gasteiger partial charge < -0.3 is 0 Å². The predicted octanol–water partition coefficient (Wildman–Crippen LogP) is 6.93. The number of ketones is 1. The van der Waals surface area contributed by atoms with Gasteiger partial charge in [-0.2, -0.15) is 0 Å². The highest BCUT2D eigenvalue weighted by molar-refractivity contribution is 5.85. The average molecular weight is 396 g/mol. The van der Waals surface area contributed by atoms with Gasteiger partial charge in [0.05, 0.1) is 5.52 Å². The van der Waals surface area contributed by atoms with Crippen molar-refractivity contribution in [3.8, 4) is 0 Å². The zero-order chi connectivity index (χ0) is 21.0. The van der Waals surface area contributed by atoms with E-state index in [0.717, 1.165) is 36.6 Å². The monoisotopic (exact) mass is 395 g/mol. The Bertz CT molecular complexity index is 912. The highest BCUT2D eigenvalue weighted by atomic mass is 19.1. The molecule has 2 aliphatic rings. The third kappa shape index (κ3) is 3.98. The summed E-state index contributed by atoms with van der Waals surface area (Å²) in [5.74, 6) is 2.56. The molecule has 2 aromatic rings. The van der Waals surface area contributed by atoms with Crippen LogP contribution in [0.1, 0.15) is 78.2 Å². The summed E-state index contributed by atoms with van der Waals surface area (Å²) in [6.07, 6.45) is 7.13. The predicted molar refractivity (Wildman–Crippen MR) is 116 cm³/mol. The molecule has 2 nitrogen and oxygen atoms in total. The molecule has 4 atom stereocenters. The van der Waals surface area contributed by atoms with Crippen LogP contribution in [0.3, 0.4) is 0 Å². The molecule has 0 N–H and O–H groups in total. The number of fused-ring (bicyclic) bond motifs is 2. The second kappa shape index (κ2) is 7.18. The van der Waals surface area contributed by atoms with Gasteiger partial charge in [0.15, 0.2) is 0 Å². The second-order valence-electron chi connectivity index (χ2n) is 11.3. The Morgan fingerprint density at radius 3 is 2.31 bits per heavy atom. The van der Waals surface area contributed by atoms with Crippen LogP contribution < -0.4 is 0 Å². The number of Topliss-reactive ketones (excluding diaryl/α,β-unsaturated/α-hetero) is 1. The lowest BCUT2D eigenvalue weighted by molar-refractivity contribution is -0.131. The van der Waals surface area contributed by atoms with Gasteiger partial charge in [-0.3, -0.25) is 9.78 Å². The summed E-state index contributed by atoms with van der Waals surface area (Å²) in [7, 11) is 0. The van der Waals surface area contributed by atoms with Crippen LogP contribution in [0.15, 0.2) is 30.5 Å². The summed E-state index contributed by atoms with van der Waals surface area (Å²) in [5, 5.41) is 0.967. The highest BCUT2D eigenvalue weighted by Crippen LogP contribution is 2.57. The molecule has 0 saturated heterocycles. The van der Waals surface area contributed by atoms with Crippen molar-refractivity contribution in [2.24, 2.45) is 28.6 Å². The van der Waals surface area contributed by atoms with E-state index >= 15 is 0 Å². The van der Waals surface area contributed by atoms with Crippen LogP contribution in [-0.2, 0) is 4.79 Å². The highest BCUT2D eigenvalue weighted by Gasteiger charge is 2.49. The van der Waals surface area contributed by atoms with E-state index in [1.54, 1.807) is 12.1 Å². The van der Waals surface area contributed by atoms with E-state index in [1.807, 2.05) is 6.20 Å². The molecule has 0 amide bonds. The summed E-state index contributed by atoms with van der Waals surface area (Å²) < 4.78 is 13.9. The van der Waals surface area contributed by atoms with E-state index < -0.39 is 0 Å². The summed E-state index contributed by atoms with van der Waals surface area (Å²) in [5.41, 5.74) is 1.95. The first kappa shape index (κ1) is 20.5. The Morgan fingerprint density at radius 2 is 1.69 bits per heavy atom. The number of aromatic nitrogens is 1. The smallest absolute Gasteiger partial charge is 0.139 e. The number of rotatable bonds is 4. The number of carbonyl (C=O) groups is 1. The van der Waals surface area contributed by atoms with Crippen LogP contribution in [0.25, 0.3) is 10.9 Å². The van der Waals surface area contributed by atoms with Crippen LogP contribution in [0.5, 0.6) is 0 Å². The summed E-state index contributed by atoms with van der Waals surface area (Å²) in [6.45, 7) is 10.8. The van der Waals surface area contributed by atoms with Gasteiger partial charge in [-0.15, -0.1) is 0 Å². The lowest BCUT2D eigenvalue weighted by Gasteiger charge is -2.33. The first-order valence-electron chi connectivity index (χ1n) is 11.1. The van der Waals surface area contributed by atoms with Crippen molar-refractivity contribution in [3.05, 3.63) is 41.8 Å². The van der Waals surface area contributed by atoms with Gasteiger partial charge >= 0.3 is 0 Å². The van der Waals surface area contributed by atoms with E-state index in [1.165, 1.54) is 11.6 Å². The Kier molecular flexibility index (Phi) is 5.07. The molecule has 0 radical (unpaired) electrons. The maximum absolute atomic E-state index is 13.9. The van der Waals surface area contributed by atoms with Crippen molar-refractivity contribution in [2.45, 2.75) is 72.6 Å². The van der Waals surface area contributed by atoms with Gasteiger partial charge in [-0.05, 0) is 84.6 Å². The third-order valence-electron chi connectivity index (χ3n) is 7.62. The van der Waals surface area contributed by atoms with Crippen LogP contribution in [0.4, 0.5) is 4.39 Å². The molecule has 156 valence electrons. The van der Waals surface area contributed by atoms with Crippen molar-refractivity contribution in [3.63, 3.8) is 0 Å². The lowest BCUT2D eigenvalue weighted by Crippen LogP contribution is -2.34. The van der Waals surface area contributed by atoms with E-state index in [9.17, 15) is 9.18 Å². The summed E-state index contributed by atoms with van der Waals surface area (Å²) in [4.78, 5) is 17.4. The number of halogens is 1. The number of hydrogen-bond donors (Lipinski definition) is 0. The molecule has 2 unspecified atom stereocenters. The quantitative estimate of drug-likeness (QED) is 0.562. The van der Waals surface area contributed by atoms with Crippen LogP contribution in [0, 0.1) is 34.4 Å². The Labute approximate surface area is 174 Å². The Balaban J connectivity index is 1.48. The van der Waals surface area contributed by atoms with E-state index in [4.69, 9.17) is 0 Å². The molecule has 0 spiro atoms. The molecule has 4 rings (SSSR count). The fraction of sp³-hybridized carbons (Fsp3) is 0.615. The molecular weight excluding hydrogens is 361 g/mol. The van der Waals surface area contributed by atoms with E-state index in [2.05, 4.69) is 45.7 Å². The topological polar surface area (TPSA) is 30.0 Å². The minimum absolute atomic E-state index is 0.0472. The number of nitrogens with zero attached hydrogens (tertiary/aromatic N) is 1. The van der Waals surface area contributed by atoms with Gasteiger partial charge in [0.1, 0.15) is 11.6 Å². The third-order valence-corrected chi connectivity index (χ3v) is 7.62. The molecule has 1 aromatic carbocycles. The Morgan fingerprint density at radius 1 is 1.03 bits per heavy atom. The van der Waals surface area contributed by atoms with Crippen LogP contribution in [-0.4, -0.2) is 10.8 Å². The number of pyridine rings is 1. The summed E-state index contributed by atoms with van der Waals surface area (Å²) >= 11 is 0. The molecule has 1 aromatic heterocycles. The molecule has 1 heterocycles. The normalized spacial score (nSPS) is 27.4. The molecule has 3 heteroatoms. The molecule has 0 aliphatic heterocycles. The van der Waals surface area contributed by atoms with E-state index in [0.29, 0.717) is 35.9 Å². The van der Waals surface area contributed by atoms with Crippen molar-refractivity contribution in [1.29, 1.82) is 0 Å². The second-order valence-corrected chi connectivity index (χ2v) is 11.3. The minimum Gasteiger partial charge on any atom is -0.299 e. The van der Waals surface area contributed by atoms with Gasteiger partial charge in [0.2, 0.25) is 0 Å². The standard InChI is InChI=1S/C26H34FNO/c1-25(2,3)15-24(29)26(4,5)19-12-16-10-18(11-17(16)13-19)21-8-9-28-23-7-6-20(27)14-22(21)23/h6-9,14,16-19H,10-13,15H2,1-5H3/t16-,17+,18?,19?. The van der Waals surface area contributed by atoms with Crippen LogP contribution >= 0.6 is 0 Å². The van der Waals surface area contributed by atoms with Crippen molar-refractivity contribution < 1.29 is 9.18 Å². The zero-order valence-electron chi connectivity index (χ0n) is 18.5. The van der Waals surface area contributed by atoms with Crippen molar-refractivity contribution in [1.82, 2.24) is 4.98 Å². The maximum Gasteiger partial charge on any atom is 0.139 e. The molecule has 2 aliphatic carbocycles. The first-order chi connectivity index (χ1) is 13.5.